The molecule has 1 aliphatic heterocycles. The molecule has 1 amide bonds. The van der Waals surface area contributed by atoms with E-state index in [1.807, 2.05) is 0 Å². The van der Waals surface area contributed by atoms with E-state index >= 15 is 0 Å². The van der Waals surface area contributed by atoms with Gasteiger partial charge in [-0.25, -0.2) is 13.2 Å². The number of aryl methyl sites for hydroxylation is 1. The normalized spacial score (nSPS) is 16.9. The molecular weight excluding hydrogens is 595 g/mol. The molecule has 4 rings (SSSR count). The predicted molar refractivity (Wildman–Crippen MR) is 151 cm³/mol. The number of nitrogens with one attached hydrogen (secondary N) is 1. The van der Waals surface area contributed by atoms with Crippen LogP contribution in [0, 0.1) is 12.7 Å². The number of carbonyl (C=O) groups is 2. The number of esters is 1. The van der Waals surface area contributed by atoms with Gasteiger partial charge < -0.3 is 9.64 Å². The Bertz CT molecular complexity index is 1540. The lowest BCUT2D eigenvalue weighted by molar-refractivity contribution is -0.142. The lowest BCUT2D eigenvalue weighted by atomic mass is 9.81. The lowest BCUT2D eigenvalue weighted by Gasteiger charge is -2.32. The first-order valence-electron chi connectivity index (χ1n) is 13.4. The fourth-order valence-corrected chi connectivity index (χ4v) is 5.33. The zero-order valence-corrected chi connectivity index (χ0v) is 24.6. The number of rotatable bonds is 7. The number of hydrogen-bond donors (Lipinski definition) is 1. The zero-order valence-electron chi connectivity index (χ0n) is 24.6. The third kappa shape index (κ3) is 6.87. The quantitative estimate of drug-likeness (QED) is 0.222. The summed E-state index contributed by atoms with van der Waals surface area (Å²) < 4.78 is 86.7. The van der Waals surface area contributed by atoms with Crippen molar-refractivity contribution in [3.63, 3.8) is 0 Å². The summed E-state index contributed by atoms with van der Waals surface area (Å²) in [6, 6.07) is 6.96. The molecule has 2 heterocycles. The average Bonchev–Trinajstić information content (AvgIpc) is 3.45. The summed E-state index contributed by atoms with van der Waals surface area (Å²) in [7, 11) is 2.70. The molecule has 1 aromatic heterocycles. The van der Waals surface area contributed by atoms with Crippen LogP contribution in [0.15, 0.2) is 48.7 Å². The maximum Gasteiger partial charge on any atom is 0.416 e. The molecule has 0 aliphatic carbocycles. The molecule has 0 saturated carbocycles. The predicted octanol–water partition coefficient (Wildman–Crippen LogP) is 7.21. The smallest absolute Gasteiger partial charge is 0.416 e. The molecule has 1 fully saturated rings. The molecule has 2 aromatic carbocycles. The minimum absolute atomic E-state index is 0. The van der Waals surface area contributed by atoms with E-state index in [9.17, 15) is 35.9 Å². The van der Waals surface area contributed by atoms with Crippen LogP contribution in [0.3, 0.4) is 0 Å². The molecular formula is C31H32F7N3O3. The molecule has 1 saturated heterocycles. The van der Waals surface area contributed by atoms with Crippen LogP contribution in [0.5, 0.6) is 0 Å². The second-order valence-electron chi connectivity index (χ2n) is 11.1. The van der Waals surface area contributed by atoms with Crippen molar-refractivity contribution in [2.45, 2.75) is 63.7 Å². The average molecular weight is 628 g/mol. The molecule has 0 radical (unpaired) electrons. The summed E-state index contributed by atoms with van der Waals surface area (Å²) in [5.41, 5.74) is -1.63. The molecule has 0 unspecified atom stereocenters. The van der Waals surface area contributed by atoms with E-state index in [0.29, 0.717) is 47.4 Å². The van der Waals surface area contributed by atoms with Crippen molar-refractivity contribution in [3.8, 4) is 11.1 Å². The van der Waals surface area contributed by atoms with Gasteiger partial charge in [0.15, 0.2) is 0 Å². The maximum absolute atomic E-state index is 14.0. The molecule has 0 spiro atoms. The molecule has 238 valence electrons. The summed E-state index contributed by atoms with van der Waals surface area (Å²) in [4.78, 5) is 31.7. The summed E-state index contributed by atoms with van der Waals surface area (Å²) >= 11 is 0. The van der Waals surface area contributed by atoms with E-state index in [2.05, 4.69) is 10.3 Å². The molecule has 1 N–H and O–H groups in total. The van der Waals surface area contributed by atoms with Crippen LogP contribution in [0.1, 0.15) is 67.1 Å². The van der Waals surface area contributed by atoms with Crippen LogP contribution in [0.25, 0.3) is 11.1 Å². The van der Waals surface area contributed by atoms with Crippen molar-refractivity contribution >= 4 is 17.6 Å². The Morgan fingerprint density at radius 1 is 1.02 bits per heavy atom. The third-order valence-electron chi connectivity index (χ3n) is 7.83. The molecule has 0 bridgehead atoms. The highest BCUT2D eigenvalue weighted by atomic mass is 19.4. The number of pyridine rings is 1. The number of ether oxygens (including phenoxy) is 1. The number of hydrogen-bond acceptors (Lipinski definition) is 5. The first kappa shape index (κ1) is 34.5. The number of methoxy groups -OCH3 is 1. The molecule has 2 atom stereocenters. The van der Waals surface area contributed by atoms with Gasteiger partial charge in [-0.05, 0) is 86.7 Å². The minimum Gasteiger partial charge on any atom is -0.468 e. The number of aromatic nitrogens is 1. The van der Waals surface area contributed by atoms with E-state index in [4.69, 9.17) is 4.74 Å². The minimum atomic E-state index is -4.90. The molecule has 3 aromatic rings. The number of amides is 1. The van der Waals surface area contributed by atoms with Crippen molar-refractivity contribution in [1.29, 1.82) is 0 Å². The first-order valence-corrected chi connectivity index (χ1v) is 13.4. The van der Waals surface area contributed by atoms with Crippen LogP contribution in [0.4, 0.5) is 36.7 Å². The summed E-state index contributed by atoms with van der Waals surface area (Å²) in [5, 5.41) is 3.18. The van der Waals surface area contributed by atoms with Gasteiger partial charge in [0.25, 0.3) is 6.43 Å². The Hall–Kier alpha value is -4.00. The molecule has 13 heteroatoms. The van der Waals surface area contributed by atoms with Crippen molar-refractivity contribution in [2.75, 3.05) is 19.1 Å². The number of halogens is 7. The summed E-state index contributed by atoms with van der Waals surface area (Å²) in [6.45, 7) is 4.40. The van der Waals surface area contributed by atoms with Gasteiger partial charge in [0.1, 0.15) is 11.9 Å². The molecule has 1 aliphatic rings. The SMILES string of the molecule is COC(=O)[C@@H]1CC[C@@H](c2cc(-c3ccc(F)cc3C)c(N(C)C(=O)C(C)(C)c3cc(C(F)F)cc(C(F)(F)F)c3)cn2)N1.F. The van der Waals surface area contributed by atoms with E-state index < -0.39 is 52.9 Å². The highest BCUT2D eigenvalue weighted by molar-refractivity contribution is 6.03. The Labute approximate surface area is 249 Å². The van der Waals surface area contributed by atoms with Crippen molar-refractivity contribution < 1.29 is 45.4 Å². The second-order valence-corrected chi connectivity index (χ2v) is 11.1. The Balaban J connectivity index is 0.00000529. The number of nitrogens with zero attached hydrogens (tertiary/aromatic N) is 2. The number of alkyl halides is 5. The Morgan fingerprint density at radius 3 is 2.27 bits per heavy atom. The largest absolute Gasteiger partial charge is 0.468 e. The number of anilines is 1. The van der Waals surface area contributed by atoms with Crippen LogP contribution in [0.2, 0.25) is 0 Å². The summed E-state index contributed by atoms with van der Waals surface area (Å²) in [5.74, 6) is -1.57. The van der Waals surface area contributed by atoms with Crippen LogP contribution in [-0.2, 0) is 25.9 Å². The van der Waals surface area contributed by atoms with Crippen LogP contribution < -0.4 is 10.2 Å². The van der Waals surface area contributed by atoms with Gasteiger partial charge in [-0.15, -0.1) is 0 Å². The van der Waals surface area contributed by atoms with E-state index in [1.54, 1.807) is 13.0 Å². The number of carbonyl (C=O) groups excluding carboxylic acids is 2. The standard InChI is InChI=1S/C31H31F6N3O3.FH/c1-16-10-20(32)6-7-21(16)22-14-25(23-8-9-24(39-23)28(41)43-5)38-15-26(22)40(4)29(42)30(2,3)18-11-17(27(33)34)12-19(13-18)31(35,36)37;/h6-7,10-15,23-24,27,39H,8-9H2,1-5H3;1H/t23-,24-;/m0./s1. The van der Waals surface area contributed by atoms with Gasteiger partial charge in [0.05, 0.1) is 41.7 Å². The van der Waals surface area contributed by atoms with Gasteiger partial charge in [-0.2, -0.15) is 13.2 Å². The van der Waals surface area contributed by atoms with E-state index in [-0.39, 0.29) is 22.0 Å². The third-order valence-corrected chi connectivity index (χ3v) is 7.83. The fourth-order valence-electron chi connectivity index (χ4n) is 5.33. The van der Waals surface area contributed by atoms with Gasteiger partial charge in [0, 0.05) is 18.2 Å². The highest BCUT2D eigenvalue weighted by Gasteiger charge is 2.39. The topological polar surface area (TPSA) is 71.5 Å². The van der Waals surface area contributed by atoms with Crippen molar-refractivity contribution in [1.82, 2.24) is 10.3 Å². The van der Waals surface area contributed by atoms with E-state index in [1.165, 1.54) is 57.3 Å². The van der Waals surface area contributed by atoms with Gasteiger partial charge in [-0.3, -0.25) is 24.6 Å². The molecule has 44 heavy (non-hydrogen) atoms. The Morgan fingerprint density at radius 2 is 1.68 bits per heavy atom. The lowest BCUT2D eigenvalue weighted by Crippen LogP contribution is -2.42. The fraction of sp³-hybridized carbons (Fsp3) is 0.387. The van der Waals surface area contributed by atoms with E-state index in [0.717, 1.165) is 6.07 Å². The second kappa shape index (κ2) is 12.9. The van der Waals surface area contributed by atoms with Crippen molar-refractivity contribution in [3.05, 3.63) is 82.4 Å². The van der Waals surface area contributed by atoms with Crippen LogP contribution in [-0.4, -0.2) is 37.1 Å². The number of benzene rings is 2. The maximum atomic E-state index is 14.0. The first-order chi connectivity index (χ1) is 20.0. The molecule has 6 nitrogen and oxygen atoms in total. The monoisotopic (exact) mass is 627 g/mol. The van der Waals surface area contributed by atoms with Gasteiger partial charge >= 0.3 is 12.1 Å². The number of likely N-dealkylation sites (N-methyl/N-ethyl adjacent to an activating group) is 1. The van der Waals surface area contributed by atoms with Crippen molar-refractivity contribution in [2.24, 2.45) is 0 Å². The van der Waals surface area contributed by atoms with Gasteiger partial charge in [-0.1, -0.05) is 6.07 Å². The summed E-state index contributed by atoms with van der Waals surface area (Å²) in [6.07, 6.45) is -5.59. The van der Waals surface area contributed by atoms with Gasteiger partial charge in [0.2, 0.25) is 5.91 Å². The Kier molecular flexibility index (Phi) is 10.1. The zero-order chi connectivity index (χ0) is 31.9. The van der Waals surface area contributed by atoms with Crippen LogP contribution >= 0.6 is 0 Å². The highest BCUT2D eigenvalue weighted by Crippen LogP contribution is 2.40.